The number of fused-ring (bicyclic) bond motifs is 1. The molecule has 0 amide bonds. The molecule has 2 nitrogen and oxygen atoms in total. The quantitative estimate of drug-likeness (QED) is 0.793. The molecule has 1 aromatic carbocycles. The predicted molar refractivity (Wildman–Crippen MR) is 53.5 cm³/mol. The van der Waals surface area contributed by atoms with Gasteiger partial charge in [0.15, 0.2) is 5.78 Å². The van der Waals surface area contributed by atoms with Crippen LogP contribution in [0.1, 0.15) is 22.3 Å². The van der Waals surface area contributed by atoms with Gasteiger partial charge in [-0.3, -0.25) is 4.79 Å². The van der Waals surface area contributed by atoms with E-state index in [1.54, 1.807) is 0 Å². The number of hydrogen-bond donors (Lipinski definition) is 0. The second-order valence-corrected chi connectivity index (χ2v) is 4.26. The molecule has 86 valence electrons. The summed E-state index contributed by atoms with van der Waals surface area (Å²) in [6.45, 7) is 0. The molecule has 1 aromatic rings. The third kappa shape index (κ3) is 2.21. The average Bonchev–Trinajstić information content (AvgIpc) is 2.45. The lowest BCUT2D eigenvalue weighted by Gasteiger charge is -2.11. The number of alkyl halides is 3. The summed E-state index contributed by atoms with van der Waals surface area (Å²) in [4.78, 5) is 11.4. The minimum Gasteiger partial charge on any atom is -0.406 e. The third-order valence-corrected chi connectivity index (χ3v) is 3.01. The molecule has 0 radical (unpaired) electrons. The van der Waals surface area contributed by atoms with Crippen LogP contribution in [0.3, 0.4) is 0 Å². The second-order valence-electron chi connectivity index (χ2n) is 3.40. The van der Waals surface area contributed by atoms with Crippen molar-refractivity contribution in [2.24, 2.45) is 0 Å². The van der Waals surface area contributed by atoms with Crippen molar-refractivity contribution in [1.82, 2.24) is 0 Å². The summed E-state index contributed by atoms with van der Waals surface area (Å²) in [5.41, 5.74) is 1.06. The van der Waals surface area contributed by atoms with E-state index in [9.17, 15) is 18.0 Å². The van der Waals surface area contributed by atoms with Crippen LogP contribution in [0, 0.1) is 0 Å². The number of Topliss-reactive ketones (excluding diaryl/α,β-unsaturated/α-hetero) is 1. The lowest BCUT2D eigenvalue weighted by Crippen LogP contribution is -2.17. The van der Waals surface area contributed by atoms with Crippen LogP contribution >= 0.6 is 15.9 Å². The standard InChI is InChI=1S/C10H6BrF3O2/c11-8-4-5(16-10(12,13)14)3-7-6(8)1-2-9(7)15/h3-4H,1-2H2. The SMILES string of the molecule is O=C1CCc2c(Br)cc(OC(F)(F)F)cc21. The number of benzene rings is 1. The maximum Gasteiger partial charge on any atom is 0.573 e. The van der Waals surface area contributed by atoms with E-state index < -0.39 is 6.36 Å². The minimum absolute atomic E-state index is 0.150. The molecule has 0 heterocycles. The molecule has 0 saturated heterocycles. The van der Waals surface area contributed by atoms with Crippen molar-refractivity contribution in [1.29, 1.82) is 0 Å². The Morgan fingerprint density at radius 2 is 1.94 bits per heavy atom. The number of carbonyl (C=O) groups is 1. The van der Waals surface area contributed by atoms with Crippen molar-refractivity contribution in [3.63, 3.8) is 0 Å². The summed E-state index contributed by atoms with van der Waals surface area (Å²) < 4.78 is 40.3. The highest BCUT2D eigenvalue weighted by Crippen LogP contribution is 2.35. The van der Waals surface area contributed by atoms with Gasteiger partial charge in [-0.05, 0) is 24.1 Å². The fraction of sp³-hybridized carbons (Fsp3) is 0.300. The first-order chi connectivity index (χ1) is 7.37. The fourth-order valence-corrected chi connectivity index (χ4v) is 2.32. The van der Waals surface area contributed by atoms with Crippen LogP contribution in [0.2, 0.25) is 0 Å². The largest absolute Gasteiger partial charge is 0.573 e. The van der Waals surface area contributed by atoms with Crippen molar-refractivity contribution in [2.75, 3.05) is 0 Å². The average molecular weight is 295 g/mol. The Hall–Kier alpha value is -1.04. The Balaban J connectivity index is 2.40. The van der Waals surface area contributed by atoms with Gasteiger partial charge in [-0.25, -0.2) is 0 Å². The van der Waals surface area contributed by atoms with Crippen LogP contribution in [0.4, 0.5) is 13.2 Å². The molecule has 1 aliphatic carbocycles. The molecule has 16 heavy (non-hydrogen) atoms. The lowest BCUT2D eigenvalue weighted by atomic mass is 10.1. The fourth-order valence-electron chi connectivity index (χ4n) is 1.68. The van der Waals surface area contributed by atoms with Crippen molar-refractivity contribution in [3.05, 3.63) is 27.7 Å². The number of ether oxygens (including phenoxy) is 1. The van der Waals surface area contributed by atoms with Gasteiger partial charge in [0.2, 0.25) is 0 Å². The van der Waals surface area contributed by atoms with Crippen molar-refractivity contribution in [3.8, 4) is 5.75 Å². The first-order valence-corrected chi connectivity index (χ1v) is 5.27. The Bertz CT molecular complexity index is 454. The number of rotatable bonds is 1. The highest BCUT2D eigenvalue weighted by Gasteiger charge is 2.32. The van der Waals surface area contributed by atoms with Crippen molar-refractivity contribution >= 4 is 21.7 Å². The Morgan fingerprint density at radius 3 is 2.56 bits per heavy atom. The highest BCUT2D eigenvalue weighted by atomic mass is 79.9. The molecule has 1 aliphatic rings. The van der Waals surface area contributed by atoms with E-state index in [0.717, 1.165) is 11.6 Å². The van der Waals surface area contributed by atoms with Crippen LogP contribution in [0.25, 0.3) is 0 Å². The topological polar surface area (TPSA) is 26.3 Å². The summed E-state index contributed by atoms with van der Waals surface area (Å²) in [5, 5.41) is 0. The molecule has 0 N–H and O–H groups in total. The van der Waals surface area contributed by atoms with Crippen LogP contribution in [0.5, 0.6) is 5.75 Å². The summed E-state index contributed by atoms with van der Waals surface area (Å²) in [5.74, 6) is -0.517. The van der Waals surface area contributed by atoms with E-state index in [0.29, 0.717) is 22.9 Å². The van der Waals surface area contributed by atoms with E-state index in [2.05, 4.69) is 20.7 Å². The van der Waals surface area contributed by atoms with Crippen molar-refractivity contribution < 1.29 is 22.7 Å². The van der Waals surface area contributed by atoms with Gasteiger partial charge in [-0.1, -0.05) is 15.9 Å². The zero-order valence-electron chi connectivity index (χ0n) is 7.90. The molecule has 6 heteroatoms. The number of ketones is 1. The van der Waals surface area contributed by atoms with E-state index in [1.165, 1.54) is 6.07 Å². The minimum atomic E-state index is -4.74. The van der Waals surface area contributed by atoms with Gasteiger partial charge in [0.25, 0.3) is 0 Å². The summed E-state index contributed by atoms with van der Waals surface area (Å²) >= 11 is 3.13. The Morgan fingerprint density at radius 1 is 1.25 bits per heavy atom. The third-order valence-electron chi connectivity index (χ3n) is 2.31. The van der Waals surface area contributed by atoms with Gasteiger partial charge in [0.05, 0.1) is 0 Å². The van der Waals surface area contributed by atoms with Crippen LogP contribution < -0.4 is 4.74 Å². The molecule has 2 rings (SSSR count). The number of halogens is 4. The molecule has 0 unspecified atom stereocenters. The van der Waals surface area contributed by atoms with Crippen molar-refractivity contribution in [2.45, 2.75) is 19.2 Å². The summed E-state index contributed by atoms with van der Waals surface area (Å²) in [6, 6.07) is 2.37. The monoisotopic (exact) mass is 294 g/mol. The van der Waals surface area contributed by atoms with Crippen LogP contribution in [-0.4, -0.2) is 12.1 Å². The lowest BCUT2D eigenvalue weighted by molar-refractivity contribution is -0.274. The van der Waals surface area contributed by atoms with E-state index in [1.807, 2.05) is 0 Å². The Kier molecular flexibility index (Phi) is 2.69. The second kappa shape index (κ2) is 3.76. The van der Waals surface area contributed by atoms with Crippen LogP contribution in [-0.2, 0) is 6.42 Å². The first-order valence-electron chi connectivity index (χ1n) is 4.48. The normalized spacial score (nSPS) is 15.1. The van der Waals surface area contributed by atoms with Gasteiger partial charge >= 0.3 is 6.36 Å². The maximum atomic E-state index is 12.0. The summed E-state index contributed by atoms with van der Waals surface area (Å²) in [7, 11) is 0. The van der Waals surface area contributed by atoms with Gasteiger partial charge < -0.3 is 4.74 Å². The smallest absolute Gasteiger partial charge is 0.406 e. The molecular formula is C10H6BrF3O2. The predicted octanol–water partition coefficient (Wildman–Crippen LogP) is 3.48. The zero-order valence-corrected chi connectivity index (χ0v) is 9.48. The van der Waals surface area contributed by atoms with E-state index >= 15 is 0 Å². The van der Waals surface area contributed by atoms with Gasteiger partial charge in [0.1, 0.15) is 5.75 Å². The maximum absolute atomic E-state index is 12.0. The van der Waals surface area contributed by atoms with E-state index in [4.69, 9.17) is 0 Å². The number of carbonyl (C=O) groups excluding carboxylic acids is 1. The molecule has 0 saturated carbocycles. The molecule has 0 spiro atoms. The van der Waals surface area contributed by atoms with Crippen LogP contribution in [0.15, 0.2) is 16.6 Å². The molecule has 0 fully saturated rings. The van der Waals surface area contributed by atoms with Gasteiger partial charge in [-0.15, -0.1) is 13.2 Å². The van der Waals surface area contributed by atoms with Gasteiger partial charge in [0, 0.05) is 16.5 Å². The summed E-state index contributed by atoms with van der Waals surface area (Å²) in [6.07, 6.45) is -3.85. The molecule has 0 aliphatic heterocycles. The molecule has 0 bridgehead atoms. The number of hydrogen-bond acceptors (Lipinski definition) is 2. The molecule has 0 atom stereocenters. The van der Waals surface area contributed by atoms with Gasteiger partial charge in [-0.2, -0.15) is 0 Å². The molecule has 0 aromatic heterocycles. The highest BCUT2D eigenvalue weighted by molar-refractivity contribution is 9.10. The zero-order chi connectivity index (χ0) is 11.9. The van der Waals surface area contributed by atoms with E-state index in [-0.39, 0.29) is 11.5 Å². The Labute approximate surface area is 97.5 Å². The molecular weight excluding hydrogens is 289 g/mol. The first kappa shape index (κ1) is 11.4.